The molecule has 0 saturated carbocycles. The lowest BCUT2D eigenvalue weighted by Crippen LogP contribution is -2.11. The van der Waals surface area contributed by atoms with Crippen LogP contribution in [-0.4, -0.2) is 33.5 Å². The second kappa shape index (κ2) is 7.39. The molecule has 0 N–H and O–H groups in total. The summed E-state index contributed by atoms with van der Waals surface area (Å²) in [5.41, 5.74) is 1.49. The molecular formula is C15H24O3. The number of hydrogen-bond donors (Lipinski definition) is 0. The summed E-state index contributed by atoms with van der Waals surface area (Å²) >= 11 is 0. The summed E-state index contributed by atoms with van der Waals surface area (Å²) in [7, 11) is 1.66. The molecule has 0 fully saturated rings. The highest BCUT2D eigenvalue weighted by Gasteiger charge is 2.12. The van der Waals surface area contributed by atoms with Gasteiger partial charge in [0, 0.05) is 7.11 Å². The van der Waals surface area contributed by atoms with Crippen molar-refractivity contribution in [1.82, 2.24) is 0 Å². The van der Waals surface area contributed by atoms with Gasteiger partial charge in [0.25, 0.3) is 0 Å². The number of rotatable bonds is 7. The highest BCUT2D eigenvalue weighted by atomic mass is 16.5. The second-order valence-corrected chi connectivity index (χ2v) is 5.23. The molecule has 1 aromatic rings. The maximum atomic E-state index is 5.59. The monoisotopic (exact) mass is 252 g/mol. The van der Waals surface area contributed by atoms with Crippen LogP contribution in [0.1, 0.15) is 26.3 Å². The summed E-state index contributed by atoms with van der Waals surface area (Å²) in [5, 5.41) is 0. The first kappa shape index (κ1) is 15.0. The molecule has 3 heteroatoms. The van der Waals surface area contributed by atoms with E-state index in [1.807, 2.05) is 12.1 Å². The molecule has 18 heavy (non-hydrogen) atoms. The van der Waals surface area contributed by atoms with Gasteiger partial charge in [-0.25, -0.2) is 0 Å². The average molecular weight is 252 g/mol. The third-order valence-electron chi connectivity index (χ3n) is 2.65. The zero-order valence-corrected chi connectivity index (χ0v) is 11.9. The Morgan fingerprint density at radius 1 is 0.889 bits per heavy atom. The van der Waals surface area contributed by atoms with Crippen molar-refractivity contribution in [2.24, 2.45) is 0 Å². The zero-order valence-electron chi connectivity index (χ0n) is 11.9. The smallest absolute Gasteiger partial charge is 0.119 e. The molecule has 0 heterocycles. The van der Waals surface area contributed by atoms with Crippen molar-refractivity contribution in [2.75, 3.05) is 33.5 Å². The normalized spacial score (nSPS) is 11.6. The fourth-order valence-electron chi connectivity index (χ4n) is 1.51. The van der Waals surface area contributed by atoms with Crippen LogP contribution in [0.2, 0.25) is 0 Å². The summed E-state index contributed by atoms with van der Waals surface area (Å²) in [6, 6.07) is 8.24. The number of benzene rings is 1. The molecule has 0 aromatic heterocycles. The third-order valence-corrected chi connectivity index (χ3v) is 2.65. The highest BCUT2D eigenvalue weighted by molar-refractivity contribution is 5.31. The fraction of sp³-hybridized carbons (Fsp3) is 0.600. The molecule has 0 saturated heterocycles. The summed E-state index contributed by atoms with van der Waals surface area (Å²) in [6.45, 7) is 9.00. The fourth-order valence-corrected chi connectivity index (χ4v) is 1.51. The van der Waals surface area contributed by atoms with Crippen molar-refractivity contribution in [3.05, 3.63) is 29.8 Å². The molecule has 0 radical (unpaired) electrons. The number of ether oxygens (including phenoxy) is 3. The third kappa shape index (κ3) is 5.52. The Morgan fingerprint density at radius 3 is 2.06 bits per heavy atom. The van der Waals surface area contributed by atoms with Crippen LogP contribution in [0.5, 0.6) is 5.75 Å². The quantitative estimate of drug-likeness (QED) is 0.698. The zero-order chi connectivity index (χ0) is 13.4. The maximum Gasteiger partial charge on any atom is 0.119 e. The van der Waals surface area contributed by atoms with Crippen LogP contribution in [0, 0.1) is 0 Å². The molecule has 0 aliphatic carbocycles. The Hall–Kier alpha value is -1.06. The van der Waals surface area contributed by atoms with Crippen molar-refractivity contribution in [3.8, 4) is 5.75 Å². The van der Waals surface area contributed by atoms with Gasteiger partial charge in [-0.1, -0.05) is 32.9 Å². The minimum Gasteiger partial charge on any atom is -0.491 e. The van der Waals surface area contributed by atoms with E-state index >= 15 is 0 Å². The molecule has 1 rings (SSSR count). The Balaban J connectivity index is 2.27. The van der Waals surface area contributed by atoms with Gasteiger partial charge in [0.2, 0.25) is 0 Å². The van der Waals surface area contributed by atoms with E-state index in [4.69, 9.17) is 14.2 Å². The Bertz CT molecular complexity index is 325. The summed E-state index contributed by atoms with van der Waals surface area (Å²) in [5.74, 6) is 0.887. The molecule has 0 atom stereocenters. The van der Waals surface area contributed by atoms with Crippen LogP contribution in [0.15, 0.2) is 24.3 Å². The van der Waals surface area contributed by atoms with Gasteiger partial charge in [0.15, 0.2) is 0 Å². The van der Waals surface area contributed by atoms with Gasteiger partial charge in [0.1, 0.15) is 12.4 Å². The lowest BCUT2D eigenvalue weighted by molar-refractivity contribution is 0.0544. The summed E-state index contributed by atoms with van der Waals surface area (Å²) in [4.78, 5) is 0. The molecular weight excluding hydrogens is 228 g/mol. The average Bonchev–Trinajstić information content (AvgIpc) is 2.33. The highest BCUT2D eigenvalue weighted by Crippen LogP contribution is 2.24. The van der Waals surface area contributed by atoms with E-state index in [0.29, 0.717) is 26.4 Å². The van der Waals surface area contributed by atoms with E-state index < -0.39 is 0 Å². The predicted octanol–water partition coefficient (Wildman–Crippen LogP) is 3.03. The van der Waals surface area contributed by atoms with Crippen LogP contribution in [0.4, 0.5) is 0 Å². The summed E-state index contributed by atoms with van der Waals surface area (Å²) in [6.07, 6.45) is 0. The Kier molecular flexibility index (Phi) is 6.16. The lowest BCUT2D eigenvalue weighted by atomic mass is 9.87. The molecule has 0 bridgehead atoms. The Morgan fingerprint density at radius 2 is 1.50 bits per heavy atom. The summed E-state index contributed by atoms with van der Waals surface area (Å²) < 4.78 is 15.8. The van der Waals surface area contributed by atoms with E-state index in [-0.39, 0.29) is 5.41 Å². The number of hydrogen-bond acceptors (Lipinski definition) is 3. The van der Waals surface area contributed by atoms with Crippen molar-refractivity contribution in [1.29, 1.82) is 0 Å². The second-order valence-electron chi connectivity index (χ2n) is 5.23. The molecule has 0 aliphatic rings. The van der Waals surface area contributed by atoms with Gasteiger partial charge in [-0.05, 0) is 23.1 Å². The molecule has 0 aliphatic heterocycles. The maximum absolute atomic E-state index is 5.59. The lowest BCUT2D eigenvalue weighted by Gasteiger charge is -2.19. The first-order valence-corrected chi connectivity index (χ1v) is 6.34. The molecule has 1 aromatic carbocycles. The van der Waals surface area contributed by atoms with Gasteiger partial charge >= 0.3 is 0 Å². The molecule has 0 amide bonds. The van der Waals surface area contributed by atoms with Crippen molar-refractivity contribution >= 4 is 0 Å². The van der Waals surface area contributed by atoms with Gasteiger partial charge in [-0.2, -0.15) is 0 Å². The van der Waals surface area contributed by atoms with Gasteiger partial charge < -0.3 is 14.2 Å². The molecule has 0 unspecified atom stereocenters. The van der Waals surface area contributed by atoms with Crippen LogP contribution in [-0.2, 0) is 14.9 Å². The minimum absolute atomic E-state index is 0.182. The van der Waals surface area contributed by atoms with Crippen molar-refractivity contribution < 1.29 is 14.2 Å². The topological polar surface area (TPSA) is 27.7 Å². The van der Waals surface area contributed by atoms with E-state index in [1.54, 1.807) is 7.11 Å². The van der Waals surface area contributed by atoms with Crippen LogP contribution >= 0.6 is 0 Å². The first-order valence-electron chi connectivity index (χ1n) is 6.34. The van der Waals surface area contributed by atoms with E-state index in [1.165, 1.54) is 5.56 Å². The van der Waals surface area contributed by atoms with Crippen LogP contribution in [0.25, 0.3) is 0 Å². The molecule has 0 spiro atoms. The SMILES string of the molecule is COCCOCCOc1ccc(C(C)(C)C)cc1. The Labute approximate surface area is 110 Å². The molecule has 3 nitrogen and oxygen atoms in total. The van der Waals surface area contributed by atoms with Gasteiger partial charge in [-0.3, -0.25) is 0 Å². The van der Waals surface area contributed by atoms with Gasteiger partial charge in [0.05, 0.1) is 19.8 Å². The van der Waals surface area contributed by atoms with Crippen molar-refractivity contribution in [3.63, 3.8) is 0 Å². The van der Waals surface area contributed by atoms with Gasteiger partial charge in [-0.15, -0.1) is 0 Å². The first-order chi connectivity index (χ1) is 8.54. The largest absolute Gasteiger partial charge is 0.491 e. The standard InChI is InChI=1S/C15H24O3/c1-15(2,3)13-5-7-14(8-6-13)18-12-11-17-10-9-16-4/h5-8H,9-12H2,1-4H3. The minimum atomic E-state index is 0.182. The van der Waals surface area contributed by atoms with E-state index in [0.717, 1.165) is 5.75 Å². The van der Waals surface area contributed by atoms with E-state index in [2.05, 4.69) is 32.9 Å². The van der Waals surface area contributed by atoms with E-state index in [9.17, 15) is 0 Å². The number of methoxy groups -OCH3 is 1. The molecule has 102 valence electrons. The van der Waals surface area contributed by atoms with Crippen LogP contribution < -0.4 is 4.74 Å². The van der Waals surface area contributed by atoms with Crippen LogP contribution in [0.3, 0.4) is 0 Å². The predicted molar refractivity (Wildman–Crippen MR) is 73.3 cm³/mol. The van der Waals surface area contributed by atoms with Crippen molar-refractivity contribution in [2.45, 2.75) is 26.2 Å².